The lowest BCUT2D eigenvalue weighted by atomic mass is 10.1. The fourth-order valence-electron chi connectivity index (χ4n) is 3.12. The van der Waals surface area contributed by atoms with Gasteiger partial charge in [0.2, 0.25) is 5.91 Å². The predicted molar refractivity (Wildman–Crippen MR) is 117 cm³/mol. The Hall–Kier alpha value is -2.64. The summed E-state index contributed by atoms with van der Waals surface area (Å²) < 4.78 is 0.955. The summed E-state index contributed by atoms with van der Waals surface area (Å²) in [7, 11) is 0. The van der Waals surface area contributed by atoms with E-state index in [-0.39, 0.29) is 24.8 Å². The maximum atomic E-state index is 13.2. The number of halogens is 1. The van der Waals surface area contributed by atoms with Crippen LogP contribution in [0.2, 0.25) is 0 Å². The molecule has 1 N–H and O–H groups in total. The van der Waals surface area contributed by atoms with Crippen LogP contribution in [0.1, 0.15) is 22.3 Å². The number of rotatable bonds is 5. The third-order valence-corrected chi connectivity index (χ3v) is 6.46. The van der Waals surface area contributed by atoms with Gasteiger partial charge in [-0.15, -0.1) is 0 Å². The largest absolute Gasteiger partial charge is 0.352 e. The molecule has 0 aliphatic carbocycles. The standard InChI is InChI=1S/C22H18BrN3O2S/c23-17-8-3-1-6-15(17)14-25-20(27)11-13-26-18-9-5-12-24-21(18)29-19-10-4-2-7-16(19)22(26)28/h1-10,12H,11,13-14H2,(H,25,27). The fourth-order valence-corrected chi connectivity index (χ4v) is 4.56. The first-order valence-electron chi connectivity index (χ1n) is 9.17. The van der Waals surface area contributed by atoms with Crippen LogP contribution in [-0.4, -0.2) is 23.3 Å². The van der Waals surface area contributed by atoms with Gasteiger partial charge in [-0.25, -0.2) is 4.98 Å². The highest BCUT2D eigenvalue weighted by atomic mass is 79.9. The first kappa shape index (κ1) is 19.7. The number of hydrogen-bond acceptors (Lipinski definition) is 4. The summed E-state index contributed by atoms with van der Waals surface area (Å²) in [4.78, 5) is 32.6. The number of aromatic nitrogens is 1. The van der Waals surface area contributed by atoms with Gasteiger partial charge in [0.25, 0.3) is 5.91 Å². The highest BCUT2D eigenvalue weighted by Gasteiger charge is 2.27. The molecule has 3 aromatic rings. The van der Waals surface area contributed by atoms with Gasteiger partial charge >= 0.3 is 0 Å². The number of hydrogen-bond donors (Lipinski definition) is 1. The molecule has 0 atom stereocenters. The number of nitrogens with zero attached hydrogens (tertiary/aromatic N) is 2. The molecule has 7 heteroatoms. The lowest BCUT2D eigenvalue weighted by Gasteiger charge is -2.22. The van der Waals surface area contributed by atoms with E-state index in [0.29, 0.717) is 12.1 Å². The molecule has 4 rings (SSSR count). The third-order valence-electron chi connectivity index (χ3n) is 4.61. The molecule has 1 aliphatic heterocycles. The van der Waals surface area contributed by atoms with Crippen molar-refractivity contribution >= 4 is 45.2 Å². The van der Waals surface area contributed by atoms with Crippen LogP contribution in [0.3, 0.4) is 0 Å². The maximum Gasteiger partial charge on any atom is 0.259 e. The van der Waals surface area contributed by atoms with Crippen LogP contribution in [0.25, 0.3) is 0 Å². The smallest absolute Gasteiger partial charge is 0.259 e. The molecule has 0 spiro atoms. The molecule has 146 valence electrons. The van der Waals surface area contributed by atoms with Gasteiger partial charge < -0.3 is 10.2 Å². The lowest BCUT2D eigenvalue weighted by molar-refractivity contribution is -0.121. The molecular weight excluding hydrogens is 450 g/mol. The van der Waals surface area contributed by atoms with Gasteiger partial charge in [0.15, 0.2) is 0 Å². The van der Waals surface area contributed by atoms with Crippen molar-refractivity contribution in [1.29, 1.82) is 0 Å². The monoisotopic (exact) mass is 467 g/mol. The number of anilines is 1. The average molecular weight is 468 g/mol. The zero-order valence-corrected chi connectivity index (χ0v) is 17.9. The van der Waals surface area contributed by atoms with Crippen molar-refractivity contribution in [2.24, 2.45) is 0 Å². The molecule has 2 amide bonds. The SMILES string of the molecule is O=C(CCN1C(=O)c2ccccc2Sc2ncccc21)NCc1ccccc1Br. The lowest BCUT2D eigenvalue weighted by Crippen LogP contribution is -2.35. The minimum absolute atomic E-state index is 0.107. The Kier molecular flexibility index (Phi) is 5.97. The van der Waals surface area contributed by atoms with E-state index in [1.807, 2.05) is 60.7 Å². The summed E-state index contributed by atoms with van der Waals surface area (Å²) in [6.45, 7) is 0.721. The van der Waals surface area contributed by atoms with E-state index in [1.54, 1.807) is 11.1 Å². The van der Waals surface area contributed by atoms with E-state index in [1.165, 1.54) is 11.8 Å². The molecular formula is C22H18BrN3O2S. The van der Waals surface area contributed by atoms with Crippen LogP contribution in [0, 0.1) is 0 Å². The van der Waals surface area contributed by atoms with E-state index >= 15 is 0 Å². The molecule has 0 saturated carbocycles. The Bertz CT molecular complexity index is 1070. The number of carbonyl (C=O) groups is 2. The second-order valence-electron chi connectivity index (χ2n) is 6.50. The second-order valence-corrected chi connectivity index (χ2v) is 8.39. The molecule has 5 nitrogen and oxygen atoms in total. The second kappa shape index (κ2) is 8.80. The van der Waals surface area contributed by atoms with Crippen LogP contribution in [0.15, 0.2) is 81.3 Å². The number of nitrogens with one attached hydrogen (secondary N) is 1. The summed E-state index contributed by atoms with van der Waals surface area (Å²) in [6, 6.07) is 18.9. The number of benzene rings is 2. The van der Waals surface area contributed by atoms with Crippen molar-refractivity contribution in [1.82, 2.24) is 10.3 Å². The summed E-state index contributed by atoms with van der Waals surface area (Å²) in [5, 5.41) is 3.69. The molecule has 0 radical (unpaired) electrons. The Morgan fingerprint density at radius 2 is 1.86 bits per heavy atom. The van der Waals surface area contributed by atoms with Crippen molar-refractivity contribution in [3.05, 3.63) is 82.5 Å². The van der Waals surface area contributed by atoms with Gasteiger partial charge in [-0.1, -0.05) is 58.0 Å². The average Bonchev–Trinajstić information content (AvgIpc) is 2.86. The summed E-state index contributed by atoms with van der Waals surface area (Å²) in [5.41, 5.74) is 2.37. The number of fused-ring (bicyclic) bond motifs is 2. The van der Waals surface area contributed by atoms with Gasteiger partial charge in [-0.05, 0) is 35.9 Å². The maximum absolute atomic E-state index is 13.2. The van der Waals surface area contributed by atoms with E-state index in [9.17, 15) is 9.59 Å². The number of amides is 2. The van der Waals surface area contributed by atoms with Gasteiger partial charge in [-0.2, -0.15) is 0 Å². The summed E-state index contributed by atoms with van der Waals surface area (Å²) in [6.07, 6.45) is 1.92. The predicted octanol–water partition coefficient (Wildman–Crippen LogP) is 4.66. The van der Waals surface area contributed by atoms with Crippen LogP contribution in [0.5, 0.6) is 0 Å². The highest BCUT2D eigenvalue weighted by Crippen LogP contribution is 2.39. The van der Waals surface area contributed by atoms with E-state index < -0.39 is 0 Å². The molecule has 0 fully saturated rings. The molecule has 2 aromatic carbocycles. The van der Waals surface area contributed by atoms with Crippen molar-refractivity contribution < 1.29 is 9.59 Å². The topological polar surface area (TPSA) is 62.3 Å². The fraction of sp³-hybridized carbons (Fsp3) is 0.136. The minimum atomic E-state index is -0.113. The Balaban J connectivity index is 1.49. The first-order chi connectivity index (χ1) is 14.1. The molecule has 0 unspecified atom stereocenters. The van der Waals surface area contributed by atoms with Crippen molar-refractivity contribution in [3.8, 4) is 0 Å². The Morgan fingerprint density at radius 3 is 2.72 bits per heavy atom. The van der Waals surface area contributed by atoms with Crippen LogP contribution >= 0.6 is 27.7 Å². The minimum Gasteiger partial charge on any atom is -0.352 e. The highest BCUT2D eigenvalue weighted by molar-refractivity contribution is 9.10. The normalized spacial score (nSPS) is 12.7. The zero-order valence-electron chi connectivity index (χ0n) is 15.5. The quantitative estimate of drug-likeness (QED) is 0.592. The molecule has 1 aliphatic rings. The van der Waals surface area contributed by atoms with Crippen LogP contribution in [0.4, 0.5) is 5.69 Å². The third kappa shape index (κ3) is 4.36. The van der Waals surface area contributed by atoms with Crippen molar-refractivity contribution in [2.45, 2.75) is 22.9 Å². The van der Waals surface area contributed by atoms with Gasteiger partial charge in [0.05, 0.1) is 11.3 Å². The zero-order chi connectivity index (χ0) is 20.2. The number of carbonyl (C=O) groups excluding carboxylic acids is 2. The first-order valence-corrected chi connectivity index (χ1v) is 10.8. The number of pyridine rings is 1. The molecule has 1 aromatic heterocycles. The molecule has 0 bridgehead atoms. The van der Waals surface area contributed by atoms with Gasteiger partial charge in [0, 0.05) is 35.1 Å². The van der Waals surface area contributed by atoms with Crippen molar-refractivity contribution in [2.75, 3.05) is 11.4 Å². The van der Waals surface area contributed by atoms with Gasteiger partial charge in [-0.3, -0.25) is 9.59 Å². The Morgan fingerprint density at radius 1 is 1.07 bits per heavy atom. The Labute approximate surface area is 181 Å². The molecule has 29 heavy (non-hydrogen) atoms. The summed E-state index contributed by atoms with van der Waals surface area (Å²) >= 11 is 4.96. The van der Waals surface area contributed by atoms with E-state index in [4.69, 9.17) is 0 Å². The van der Waals surface area contributed by atoms with Crippen LogP contribution in [-0.2, 0) is 11.3 Å². The van der Waals surface area contributed by atoms with Crippen LogP contribution < -0.4 is 10.2 Å². The van der Waals surface area contributed by atoms with E-state index in [2.05, 4.69) is 26.2 Å². The van der Waals surface area contributed by atoms with E-state index in [0.717, 1.165) is 25.6 Å². The molecule has 2 heterocycles. The summed E-state index contributed by atoms with van der Waals surface area (Å²) in [5.74, 6) is -0.220. The van der Waals surface area contributed by atoms with Gasteiger partial charge in [0.1, 0.15) is 5.03 Å². The van der Waals surface area contributed by atoms with Crippen molar-refractivity contribution in [3.63, 3.8) is 0 Å². The molecule has 0 saturated heterocycles.